The lowest BCUT2D eigenvalue weighted by molar-refractivity contribution is -0.386. The van der Waals surface area contributed by atoms with Gasteiger partial charge in [0.05, 0.1) is 22.9 Å². The summed E-state index contributed by atoms with van der Waals surface area (Å²) >= 11 is 3.03. The van der Waals surface area contributed by atoms with Crippen molar-refractivity contribution in [3.8, 4) is 0 Å². The minimum Gasteiger partial charge on any atom is -0.469 e. The number of hydrogen-bond donors (Lipinski definition) is 0. The fourth-order valence-corrected chi connectivity index (χ4v) is 1.49. The van der Waals surface area contributed by atoms with Crippen LogP contribution in [0.2, 0.25) is 0 Å². The molecule has 1 heterocycles. The average Bonchev–Trinajstić information content (AvgIpc) is 2.17. The van der Waals surface area contributed by atoms with Crippen LogP contribution in [0.4, 0.5) is 5.69 Å². The van der Waals surface area contributed by atoms with Crippen LogP contribution in [0.5, 0.6) is 0 Å². The molecular weight excluding hydrogens is 268 g/mol. The topological polar surface area (TPSA) is 82.3 Å². The SMILES string of the molecule is COC(=O)Cc1nccc(Br)c1[N+](=O)[O-]. The van der Waals surface area contributed by atoms with E-state index in [1.54, 1.807) is 0 Å². The number of aromatic nitrogens is 1. The summed E-state index contributed by atoms with van der Waals surface area (Å²) in [5.41, 5.74) is -0.121. The van der Waals surface area contributed by atoms with Gasteiger partial charge in [-0.25, -0.2) is 0 Å². The lowest BCUT2D eigenvalue weighted by Crippen LogP contribution is -2.08. The van der Waals surface area contributed by atoms with E-state index in [4.69, 9.17) is 0 Å². The van der Waals surface area contributed by atoms with Crippen molar-refractivity contribution in [2.24, 2.45) is 0 Å². The van der Waals surface area contributed by atoms with E-state index >= 15 is 0 Å². The molecule has 0 atom stereocenters. The predicted octanol–water partition coefficient (Wildman–Crippen LogP) is 1.47. The molecule has 7 heteroatoms. The standard InChI is InChI=1S/C8H7BrN2O4/c1-15-7(12)4-6-8(11(13)14)5(9)2-3-10-6/h2-3H,4H2,1H3. The van der Waals surface area contributed by atoms with Gasteiger partial charge in [-0.3, -0.25) is 19.9 Å². The Balaban J connectivity index is 3.11. The zero-order valence-corrected chi connectivity index (χ0v) is 9.35. The van der Waals surface area contributed by atoms with Crippen LogP contribution in [-0.4, -0.2) is 23.0 Å². The Morgan fingerprint density at radius 2 is 2.40 bits per heavy atom. The van der Waals surface area contributed by atoms with Gasteiger partial charge in [0.15, 0.2) is 0 Å². The Hall–Kier alpha value is -1.50. The maximum Gasteiger partial charge on any atom is 0.311 e. The molecule has 0 aromatic carbocycles. The first kappa shape index (κ1) is 11.6. The molecule has 15 heavy (non-hydrogen) atoms. The summed E-state index contributed by atoms with van der Waals surface area (Å²) in [7, 11) is 1.21. The van der Waals surface area contributed by atoms with E-state index < -0.39 is 10.9 Å². The highest BCUT2D eigenvalue weighted by Crippen LogP contribution is 2.27. The molecule has 80 valence electrons. The van der Waals surface area contributed by atoms with Crippen LogP contribution in [0.15, 0.2) is 16.7 Å². The van der Waals surface area contributed by atoms with Gasteiger partial charge in [-0.2, -0.15) is 0 Å². The van der Waals surface area contributed by atoms with Gasteiger partial charge in [-0.15, -0.1) is 0 Å². The largest absolute Gasteiger partial charge is 0.469 e. The maximum atomic E-state index is 11.0. The Bertz CT molecular complexity index is 408. The van der Waals surface area contributed by atoms with E-state index in [2.05, 4.69) is 25.7 Å². The minimum atomic E-state index is -0.588. The molecule has 0 bridgehead atoms. The van der Waals surface area contributed by atoms with Crippen molar-refractivity contribution in [3.63, 3.8) is 0 Å². The van der Waals surface area contributed by atoms with E-state index in [1.165, 1.54) is 19.4 Å². The third-order valence-electron chi connectivity index (χ3n) is 1.67. The van der Waals surface area contributed by atoms with E-state index in [0.29, 0.717) is 4.47 Å². The van der Waals surface area contributed by atoms with Crippen LogP contribution < -0.4 is 0 Å². The Morgan fingerprint density at radius 1 is 1.73 bits per heavy atom. The fourth-order valence-electron chi connectivity index (χ4n) is 1.00. The molecule has 1 aromatic rings. The molecule has 0 spiro atoms. The van der Waals surface area contributed by atoms with Gasteiger partial charge in [0.1, 0.15) is 5.69 Å². The number of ether oxygens (including phenoxy) is 1. The van der Waals surface area contributed by atoms with Gasteiger partial charge in [0.2, 0.25) is 0 Å². The molecule has 0 N–H and O–H groups in total. The monoisotopic (exact) mass is 274 g/mol. The number of hydrogen-bond acceptors (Lipinski definition) is 5. The molecular formula is C8H7BrN2O4. The normalized spacial score (nSPS) is 9.73. The highest BCUT2D eigenvalue weighted by molar-refractivity contribution is 9.10. The van der Waals surface area contributed by atoms with Crippen LogP contribution >= 0.6 is 15.9 Å². The Kier molecular flexibility index (Phi) is 3.73. The number of pyridine rings is 1. The molecule has 0 saturated heterocycles. The first-order chi connectivity index (χ1) is 7.06. The quantitative estimate of drug-likeness (QED) is 0.474. The number of carbonyl (C=O) groups is 1. The van der Waals surface area contributed by atoms with Gasteiger partial charge >= 0.3 is 11.7 Å². The highest BCUT2D eigenvalue weighted by atomic mass is 79.9. The zero-order valence-electron chi connectivity index (χ0n) is 7.77. The lowest BCUT2D eigenvalue weighted by atomic mass is 10.2. The van der Waals surface area contributed by atoms with Crippen LogP contribution in [-0.2, 0) is 16.0 Å². The van der Waals surface area contributed by atoms with Gasteiger partial charge in [-0.1, -0.05) is 0 Å². The van der Waals surface area contributed by atoms with Crippen molar-refractivity contribution >= 4 is 27.6 Å². The lowest BCUT2D eigenvalue weighted by Gasteiger charge is -2.01. The molecule has 0 aliphatic heterocycles. The van der Waals surface area contributed by atoms with E-state index in [-0.39, 0.29) is 17.8 Å². The van der Waals surface area contributed by atoms with E-state index in [1.807, 2.05) is 0 Å². The molecule has 1 aromatic heterocycles. The summed E-state index contributed by atoms with van der Waals surface area (Å²) < 4.78 is 4.70. The van der Waals surface area contributed by atoms with Crippen molar-refractivity contribution in [2.45, 2.75) is 6.42 Å². The summed E-state index contributed by atoms with van der Waals surface area (Å²) in [5, 5.41) is 10.7. The average molecular weight is 275 g/mol. The van der Waals surface area contributed by atoms with Crippen LogP contribution in [0.1, 0.15) is 5.69 Å². The fraction of sp³-hybridized carbons (Fsp3) is 0.250. The second-order valence-electron chi connectivity index (χ2n) is 2.60. The number of halogens is 1. The van der Waals surface area contributed by atoms with Gasteiger partial charge in [0.25, 0.3) is 0 Å². The van der Waals surface area contributed by atoms with Crippen molar-refractivity contribution in [1.29, 1.82) is 0 Å². The predicted molar refractivity (Wildman–Crippen MR) is 54.3 cm³/mol. The maximum absolute atomic E-state index is 11.0. The number of esters is 1. The summed E-state index contributed by atoms with van der Waals surface area (Å²) in [6.07, 6.45) is 1.17. The second kappa shape index (κ2) is 4.83. The number of carbonyl (C=O) groups excluding carboxylic acids is 1. The minimum absolute atomic E-state index is 0.0845. The summed E-state index contributed by atoms with van der Waals surface area (Å²) in [6, 6.07) is 1.44. The third kappa shape index (κ3) is 2.72. The van der Waals surface area contributed by atoms with Gasteiger partial charge < -0.3 is 4.74 Å². The van der Waals surface area contributed by atoms with E-state index in [9.17, 15) is 14.9 Å². The molecule has 0 amide bonds. The van der Waals surface area contributed by atoms with Crippen molar-refractivity contribution in [1.82, 2.24) is 4.98 Å². The first-order valence-electron chi connectivity index (χ1n) is 3.91. The molecule has 0 radical (unpaired) electrons. The molecule has 6 nitrogen and oxygen atoms in total. The van der Waals surface area contributed by atoms with Crippen molar-refractivity contribution in [2.75, 3.05) is 7.11 Å². The number of nitrogens with zero attached hydrogens (tertiary/aromatic N) is 2. The summed E-state index contributed by atoms with van der Waals surface area (Å²) in [5.74, 6) is -0.566. The highest BCUT2D eigenvalue weighted by Gasteiger charge is 2.21. The number of methoxy groups -OCH3 is 1. The molecule has 0 aliphatic rings. The third-order valence-corrected chi connectivity index (χ3v) is 2.31. The van der Waals surface area contributed by atoms with Gasteiger partial charge in [0, 0.05) is 6.20 Å². The van der Waals surface area contributed by atoms with Crippen LogP contribution in [0, 0.1) is 10.1 Å². The van der Waals surface area contributed by atoms with Crippen LogP contribution in [0.25, 0.3) is 0 Å². The molecule has 0 aliphatic carbocycles. The van der Waals surface area contributed by atoms with Crippen molar-refractivity contribution in [3.05, 3.63) is 32.5 Å². The van der Waals surface area contributed by atoms with Gasteiger partial charge in [-0.05, 0) is 22.0 Å². The summed E-state index contributed by atoms with van der Waals surface area (Å²) in [4.78, 5) is 24.9. The number of rotatable bonds is 3. The molecule has 0 saturated carbocycles. The Labute approximate surface area is 93.5 Å². The first-order valence-corrected chi connectivity index (χ1v) is 4.70. The Morgan fingerprint density at radius 3 is 2.93 bits per heavy atom. The van der Waals surface area contributed by atoms with Crippen molar-refractivity contribution < 1.29 is 14.5 Å². The number of nitro groups is 1. The molecule has 0 fully saturated rings. The zero-order chi connectivity index (χ0) is 11.4. The smallest absolute Gasteiger partial charge is 0.311 e. The molecule has 1 rings (SSSR count). The van der Waals surface area contributed by atoms with E-state index in [0.717, 1.165) is 0 Å². The molecule has 0 unspecified atom stereocenters. The van der Waals surface area contributed by atoms with Crippen LogP contribution in [0.3, 0.4) is 0 Å². The summed E-state index contributed by atoms with van der Waals surface area (Å²) in [6.45, 7) is 0. The second-order valence-corrected chi connectivity index (χ2v) is 3.45.